The lowest BCUT2D eigenvalue weighted by molar-refractivity contribution is -0.320. The molecule has 0 aromatic rings. The molecular weight excluding hydrogens is 320 g/mol. The van der Waals surface area contributed by atoms with E-state index < -0.39 is 0 Å². The van der Waals surface area contributed by atoms with Crippen LogP contribution in [-0.4, -0.2) is 19.0 Å². The van der Waals surface area contributed by atoms with Crippen molar-refractivity contribution < 1.29 is 9.47 Å². The minimum Gasteiger partial charge on any atom is -0.349 e. The van der Waals surface area contributed by atoms with Gasteiger partial charge in [0.15, 0.2) is 5.79 Å². The van der Waals surface area contributed by atoms with Gasteiger partial charge in [-0.3, -0.25) is 0 Å². The molecule has 2 nitrogen and oxygen atoms in total. The predicted octanol–water partition coefficient (Wildman–Crippen LogP) is 7.50. The summed E-state index contributed by atoms with van der Waals surface area (Å²) in [6.45, 7) is 8.49. The first kappa shape index (κ1) is 22.2. The molecule has 0 amide bonds. The van der Waals surface area contributed by atoms with E-state index in [1.807, 2.05) is 0 Å². The Hall–Kier alpha value is -0.0800. The average molecular weight is 367 g/mol. The van der Waals surface area contributed by atoms with Crippen molar-refractivity contribution in [2.24, 2.45) is 17.8 Å². The first-order chi connectivity index (χ1) is 12.8. The van der Waals surface area contributed by atoms with Gasteiger partial charge in [0.2, 0.25) is 0 Å². The Labute approximate surface area is 163 Å². The molecule has 0 N–H and O–H groups in total. The third kappa shape index (κ3) is 5.96. The number of rotatable bonds is 16. The van der Waals surface area contributed by atoms with Gasteiger partial charge in [-0.05, 0) is 50.9 Å². The number of unbranched alkanes of at least 4 members (excludes halogenated alkanes) is 5. The van der Waals surface area contributed by atoms with Gasteiger partial charge in [-0.1, -0.05) is 72.1 Å². The predicted molar refractivity (Wildman–Crippen MR) is 111 cm³/mol. The highest BCUT2D eigenvalue weighted by Crippen LogP contribution is 2.51. The standard InChI is InChI=1S/C24H46O2/c1-4-7-8-9-10-11-18-23(21-14-12-15-21)24(25-19-5-2,26-20-6-3)22-16-13-17-22/h21-23H,4-20H2,1-3H3. The molecule has 2 fully saturated rings. The topological polar surface area (TPSA) is 18.5 Å². The molecule has 0 aromatic heterocycles. The van der Waals surface area contributed by atoms with Crippen molar-refractivity contribution in [2.45, 2.75) is 123 Å². The molecule has 1 unspecified atom stereocenters. The zero-order valence-corrected chi connectivity index (χ0v) is 18.1. The molecule has 2 rings (SSSR count). The fourth-order valence-electron chi connectivity index (χ4n) is 4.88. The van der Waals surface area contributed by atoms with Gasteiger partial charge in [0.25, 0.3) is 0 Å². The number of hydrogen-bond donors (Lipinski definition) is 0. The van der Waals surface area contributed by atoms with Gasteiger partial charge in [0.1, 0.15) is 0 Å². The molecule has 0 radical (unpaired) electrons. The minimum absolute atomic E-state index is 0.265. The van der Waals surface area contributed by atoms with Crippen molar-refractivity contribution in [1.29, 1.82) is 0 Å². The van der Waals surface area contributed by atoms with E-state index >= 15 is 0 Å². The largest absolute Gasteiger partial charge is 0.349 e. The highest BCUT2D eigenvalue weighted by atomic mass is 16.7. The van der Waals surface area contributed by atoms with Crippen LogP contribution >= 0.6 is 0 Å². The van der Waals surface area contributed by atoms with Crippen LogP contribution in [0.4, 0.5) is 0 Å². The van der Waals surface area contributed by atoms with E-state index in [1.54, 1.807) is 0 Å². The summed E-state index contributed by atoms with van der Waals surface area (Å²) in [5.41, 5.74) is 0. The summed E-state index contributed by atoms with van der Waals surface area (Å²) in [6.07, 6.45) is 20.0. The van der Waals surface area contributed by atoms with Crippen molar-refractivity contribution in [3.8, 4) is 0 Å². The van der Waals surface area contributed by atoms with Gasteiger partial charge in [-0.25, -0.2) is 0 Å². The first-order valence-electron chi connectivity index (χ1n) is 12.1. The van der Waals surface area contributed by atoms with Crippen LogP contribution in [0.1, 0.15) is 117 Å². The van der Waals surface area contributed by atoms with E-state index in [0.717, 1.165) is 32.0 Å². The molecule has 2 saturated carbocycles. The smallest absolute Gasteiger partial charge is 0.174 e. The van der Waals surface area contributed by atoms with E-state index in [4.69, 9.17) is 9.47 Å². The van der Waals surface area contributed by atoms with Gasteiger partial charge in [0, 0.05) is 25.0 Å². The molecule has 0 aliphatic heterocycles. The molecule has 0 spiro atoms. The fraction of sp³-hybridized carbons (Fsp3) is 1.00. The Kier molecular flexibility index (Phi) is 10.6. The van der Waals surface area contributed by atoms with Crippen molar-refractivity contribution in [1.82, 2.24) is 0 Å². The van der Waals surface area contributed by atoms with E-state index in [2.05, 4.69) is 20.8 Å². The van der Waals surface area contributed by atoms with Crippen LogP contribution in [0, 0.1) is 17.8 Å². The monoisotopic (exact) mass is 366 g/mol. The van der Waals surface area contributed by atoms with Crippen LogP contribution in [0.3, 0.4) is 0 Å². The molecule has 1 atom stereocenters. The van der Waals surface area contributed by atoms with Crippen molar-refractivity contribution in [3.63, 3.8) is 0 Å². The molecule has 0 saturated heterocycles. The van der Waals surface area contributed by atoms with Gasteiger partial charge >= 0.3 is 0 Å². The second kappa shape index (κ2) is 12.4. The van der Waals surface area contributed by atoms with E-state index in [-0.39, 0.29) is 5.79 Å². The van der Waals surface area contributed by atoms with Crippen molar-refractivity contribution >= 4 is 0 Å². The number of ether oxygens (including phenoxy) is 2. The van der Waals surface area contributed by atoms with Crippen molar-refractivity contribution in [3.05, 3.63) is 0 Å². The van der Waals surface area contributed by atoms with Gasteiger partial charge in [-0.15, -0.1) is 0 Å². The molecule has 2 aliphatic rings. The molecule has 0 aromatic carbocycles. The lowest BCUT2D eigenvalue weighted by Gasteiger charge is -2.53. The van der Waals surface area contributed by atoms with Crippen molar-refractivity contribution in [2.75, 3.05) is 13.2 Å². The highest BCUT2D eigenvalue weighted by molar-refractivity contribution is 4.96. The molecule has 0 heterocycles. The van der Waals surface area contributed by atoms with Crippen LogP contribution in [0.25, 0.3) is 0 Å². The van der Waals surface area contributed by atoms with Gasteiger partial charge in [-0.2, -0.15) is 0 Å². The summed E-state index contributed by atoms with van der Waals surface area (Å²) in [5, 5.41) is 0. The summed E-state index contributed by atoms with van der Waals surface area (Å²) >= 11 is 0. The van der Waals surface area contributed by atoms with E-state index in [0.29, 0.717) is 11.8 Å². The summed E-state index contributed by atoms with van der Waals surface area (Å²) < 4.78 is 13.4. The van der Waals surface area contributed by atoms with E-state index in [9.17, 15) is 0 Å². The van der Waals surface area contributed by atoms with Crippen LogP contribution in [-0.2, 0) is 9.47 Å². The molecule has 2 aliphatic carbocycles. The maximum Gasteiger partial charge on any atom is 0.174 e. The summed E-state index contributed by atoms with van der Waals surface area (Å²) in [7, 11) is 0. The van der Waals surface area contributed by atoms with Crippen LogP contribution < -0.4 is 0 Å². The normalized spacial score (nSPS) is 20.0. The Bertz CT molecular complexity index is 338. The Morgan fingerprint density at radius 2 is 1.31 bits per heavy atom. The van der Waals surface area contributed by atoms with Crippen LogP contribution in [0.5, 0.6) is 0 Å². The third-order valence-corrected chi connectivity index (χ3v) is 6.84. The second-order valence-electron chi connectivity index (χ2n) is 8.90. The molecule has 2 heteroatoms. The quantitative estimate of drug-likeness (QED) is 0.208. The minimum atomic E-state index is -0.265. The average Bonchev–Trinajstić information content (AvgIpc) is 2.56. The van der Waals surface area contributed by atoms with E-state index in [1.165, 1.54) is 83.5 Å². The molecule has 154 valence electrons. The summed E-state index contributed by atoms with van der Waals surface area (Å²) in [5.74, 6) is 1.86. The maximum atomic E-state index is 6.68. The van der Waals surface area contributed by atoms with Gasteiger partial charge in [0.05, 0.1) is 0 Å². The fourth-order valence-corrected chi connectivity index (χ4v) is 4.88. The summed E-state index contributed by atoms with van der Waals surface area (Å²) in [4.78, 5) is 0. The number of hydrogen-bond acceptors (Lipinski definition) is 2. The third-order valence-electron chi connectivity index (χ3n) is 6.84. The molecular formula is C24H46O2. The maximum absolute atomic E-state index is 6.68. The Balaban J connectivity index is 2.03. The Morgan fingerprint density at radius 3 is 1.77 bits per heavy atom. The Morgan fingerprint density at radius 1 is 0.731 bits per heavy atom. The van der Waals surface area contributed by atoms with Crippen LogP contribution in [0.2, 0.25) is 0 Å². The van der Waals surface area contributed by atoms with Crippen LogP contribution in [0.15, 0.2) is 0 Å². The zero-order chi connectivity index (χ0) is 18.7. The summed E-state index contributed by atoms with van der Waals surface area (Å²) in [6, 6.07) is 0. The first-order valence-corrected chi connectivity index (χ1v) is 12.1. The lowest BCUT2D eigenvalue weighted by atomic mass is 9.63. The zero-order valence-electron chi connectivity index (χ0n) is 18.1. The highest BCUT2D eigenvalue weighted by Gasteiger charge is 2.52. The lowest BCUT2D eigenvalue weighted by Crippen LogP contribution is -2.55. The molecule has 0 bridgehead atoms. The molecule has 26 heavy (non-hydrogen) atoms. The van der Waals surface area contributed by atoms with Gasteiger partial charge < -0.3 is 9.47 Å². The SMILES string of the molecule is CCCCCCCCC(C1CCC1)C(OCCC)(OCCC)C1CCC1. The second-order valence-corrected chi connectivity index (χ2v) is 8.90.